The van der Waals surface area contributed by atoms with Crippen molar-refractivity contribution in [3.05, 3.63) is 62.9 Å². The maximum Gasteiger partial charge on any atom is 0.227 e. The van der Waals surface area contributed by atoms with Crippen molar-refractivity contribution in [1.29, 1.82) is 0 Å². The highest BCUT2D eigenvalue weighted by atomic mass is 79.9. The summed E-state index contributed by atoms with van der Waals surface area (Å²) in [5, 5.41) is 12.4. The van der Waals surface area contributed by atoms with E-state index in [2.05, 4.69) is 31.4 Å². The quantitative estimate of drug-likeness (QED) is 0.621. The van der Waals surface area contributed by atoms with Gasteiger partial charge in [0.05, 0.1) is 17.2 Å². The zero-order valence-corrected chi connectivity index (χ0v) is 16.1. The fourth-order valence-corrected chi connectivity index (χ4v) is 3.09. The molecule has 0 fully saturated rings. The lowest BCUT2D eigenvalue weighted by Crippen LogP contribution is -2.15. The van der Waals surface area contributed by atoms with Crippen LogP contribution in [0.5, 0.6) is 0 Å². The van der Waals surface area contributed by atoms with Gasteiger partial charge in [0.2, 0.25) is 5.91 Å². The minimum absolute atomic E-state index is 0.132. The lowest BCUT2D eigenvalue weighted by atomic mass is 10.2. The topological polar surface area (TPSA) is 64.7 Å². The molecule has 1 amide bonds. The van der Waals surface area contributed by atoms with Crippen LogP contribution in [0.25, 0.3) is 0 Å². The summed E-state index contributed by atoms with van der Waals surface area (Å²) in [6.45, 7) is 0.920. The Bertz CT molecular complexity index is 872. The first kappa shape index (κ1) is 18.0. The number of nitrogens with zero attached hydrogens (tertiary/aromatic N) is 4. The SMILES string of the molecule is O=C(CCn1cc(Br)cn1)Nc1ccn(Cc2c(Cl)cccc2Cl)n1. The Morgan fingerprint density at radius 2 is 1.96 bits per heavy atom. The van der Waals surface area contributed by atoms with Crippen LogP contribution in [0.3, 0.4) is 0 Å². The maximum atomic E-state index is 12.0. The zero-order valence-electron chi connectivity index (χ0n) is 13.0. The molecule has 1 N–H and O–H groups in total. The Morgan fingerprint density at radius 1 is 1.20 bits per heavy atom. The second-order valence-corrected chi connectivity index (χ2v) is 7.05. The standard InChI is InChI=1S/C16H14BrCl2N5O/c17-11-8-20-23(9-11)7-5-16(25)21-15-4-6-24(22-15)10-12-13(18)2-1-3-14(12)19/h1-4,6,8-9H,5,7,10H2,(H,21,22,25). The van der Waals surface area contributed by atoms with Gasteiger partial charge < -0.3 is 5.32 Å². The number of hydrogen-bond acceptors (Lipinski definition) is 3. The lowest BCUT2D eigenvalue weighted by molar-refractivity contribution is -0.116. The van der Waals surface area contributed by atoms with Gasteiger partial charge in [-0.15, -0.1) is 0 Å². The number of nitrogens with one attached hydrogen (secondary N) is 1. The van der Waals surface area contributed by atoms with Crippen LogP contribution in [0, 0.1) is 0 Å². The molecule has 0 unspecified atom stereocenters. The molecule has 130 valence electrons. The van der Waals surface area contributed by atoms with E-state index >= 15 is 0 Å². The van der Waals surface area contributed by atoms with Gasteiger partial charge in [-0.3, -0.25) is 14.2 Å². The predicted molar refractivity (Wildman–Crippen MR) is 101 cm³/mol. The molecule has 1 aromatic carbocycles. The Balaban J connectivity index is 1.57. The summed E-state index contributed by atoms with van der Waals surface area (Å²) in [4.78, 5) is 12.0. The van der Waals surface area contributed by atoms with Crippen molar-refractivity contribution in [3.63, 3.8) is 0 Å². The van der Waals surface area contributed by atoms with Crippen molar-refractivity contribution in [1.82, 2.24) is 19.6 Å². The average Bonchev–Trinajstić information content (AvgIpc) is 3.18. The highest BCUT2D eigenvalue weighted by Gasteiger charge is 2.09. The van der Waals surface area contributed by atoms with Crippen LogP contribution < -0.4 is 5.32 Å². The summed E-state index contributed by atoms with van der Waals surface area (Å²) in [7, 11) is 0. The van der Waals surface area contributed by atoms with Gasteiger partial charge in [0.25, 0.3) is 0 Å². The van der Waals surface area contributed by atoms with Crippen LogP contribution in [0.4, 0.5) is 5.82 Å². The number of anilines is 1. The first-order chi connectivity index (χ1) is 12.0. The van der Waals surface area contributed by atoms with E-state index in [1.54, 1.807) is 46.0 Å². The third-order valence-electron chi connectivity index (χ3n) is 3.46. The summed E-state index contributed by atoms with van der Waals surface area (Å²) in [5.74, 6) is 0.350. The Kier molecular flexibility index (Phi) is 5.78. The monoisotopic (exact) mass is 441 g/mol. The molecule has 0 aliphatic carbocycles. The minimum Gasteiger partial charge on any atom is -0.309 e. The van der Waals surface area contributed by atoms with E-state index in [4.69, 9.17) is 23.2 Å². The van der Waals surface area contributed by atoms with Crippen molar-refractivity contribution in [2.45, 2.75) is 19.5 Å². The molecule has 9 heteroatoms. The fourth-order valence-electron chi connectivity index (χ4n) is 2.24. The molecule has 0 spiro atoms. The van der Waals surface area contributed by atoms with E-state index < -0.39 is 0 Å². The molecule has 0 radical (unpaired) electrons. The lowest BCUT2D eigenvalue weighted by Gasteiger charge is -2.07. The summed E-state index contributed by atoms with van der Waals surface area (Å²) in [6.07, 6.45) is 5.56. The summed E-state index contributed by atoms with van der Waals surface area (Å²) >= 11 is 15.6. The van der Waals surface area contributed by atoms with E-state index in [0.717, 1.165) is 10.0 Å². The third kappa shape index (κ3) is 4.84. The van der Waals surface area contributed by atoms with E-state index in [1.807, 2.05) is 6.20 Å². The molecule has 0 saturated carbocycles. The van der Waals surface area contributed by atoms with E-state index in [-0.39, 0.29) is 5.91 Å². The molecule has 3 aromatic rings. The number of aromatic nitrogens is 4. The number of rotatable bonds is 6. The van der Waals surface area contributed by atoms with Crippen molar-refractivity contribution in [2.24, 2.45) is 0 Å². The average molecular weight is 443 g/mol. The van der Waals surface area contributed by atoms with Crippen LogP contribution in [-0.2, 0) is 17.9 Å². The molecule has 0 saturated heterocycles. The molecule has 0 aliphatic rings. The van der Waals surface area contributed by atoms with Crippen LogP contribution in [0.15, 0.2) is 47.3 Å². The molecular weight excluding hydrogens is 429 g/mol. The Labute approximate surface area is 162 Å². The summed E-state index contributed by atoms with van der Waals surface area (Å²) in [6, 6.07) is 7.08. The summed E-state index contributed by atoms with van der Waals surface area (Å²) < 4.78 is 4.25. The van der Waals surface area contributed by atoms with Gasteiger partial charge in [0.1, 0.15) is 0 Å². The highest BCUT2D eigenvalue weighted by molar-refractivity contribution is 9.10. The third-order valence-corrected chi connectivity index (χ3v) is 4.58. The fraction of sp³-hybridized carbons (Fsp3) is 0.188. The van der Waals surface area contributed by atoms with Gasteiger partial charge in [-0.2, -0.15) is 10.2 Å². The van der Waals surface area contributed by atoms with Gasteiger partial charge in [-0.1, -0.05) is 29.3 Å². The maximum absolute atomic E-state index is 12.0. The normalized spacial score (nSPS) is 10.8. The number of hydrogen-bond donors (Lipinski definition) is 1. The number of aryl methyl sites for hydroxylation is 1. The van der Waals surface area contributed by atoms with Crippen LogP contribution in [0.1, 0.15) is 12.0 Å². The molecule has 3 rings (SSSR count). The zero-order chi connectivity index (χ0) is 17.8. The first-order valence-corrected chi connectivity index (χ1v) is 9.00. The van der Waals surface area contributed by atoms with Gasteiger partial charge in [0.15, 0.2) is 5.82 Å². The molecule has 0 atom stereocenters. The number of halogens is 3. The minimum atomic E-state index is -0.132. The van der Waals surface area contributed by atoms with E-state index in [0.29, 0.717) is 35.4 Å². The van der Waals surface area contributed by atoms with Crippen molar-refractivity contribution >= 4 is 50.9 Å². The Morgan fingerprint density at radius 3 is 2.64 bits per heavy atom. The molecule has 0 bridgehead atoms. The van der Waals surface area contributed by atoms with Crippen LogP contribution in [0.2, 0.25) is 10.0 Å². The van der Waals surface area contributed by atoms with Gasteiger partial charge in [0, 0.05) is 47.0 Å². The van der Waals surface area contributed by atoms with Crippen molar-refractivity contribution in [2.75, 3.05) is 5.32 Å². The second-order valence-electron chi connectivity index (χ2n) is 5.32. The van der Waals surface area contributed by atoms with Gasteiger partial charge in [-0.05, 0) is 28.1 Å². The number of amides is 1. The van der Waals surface area contributed by atoms with E-state index in [1.165, 1.54) is 0 Å². The second kappa shape index (κ2) is 8.03. The highest BCUT2D eigenvalue weighted by Crippen LogP contribution is 2.25. The smallest absolute Gasteiger partial charge is 0.227 e. The number of benzene rings is 1. The molecule has 2 heterocycles. The van der Waals surface area contributed by atoms with Gasteiger partial charge >= 0.3 is 0 Å². The molecule has 2 aromatic heterocycles. The van der Waals surface area contributed by atoms with Crippen molar-refractivity contribution < 1.29 is 4.79 Å². The van der Waals surface area contributed by atoms with Crippen LogP contribution in [-0.4, -0.2) is 25.5 Å². The number of carbonyl (C=O) groups excluding carboxylic acids is 1. The van der Waals surface area contributed by atoms with Crippen LogP contribution >= 0.6 is 39.1 Å². The summed E-state index contributed by atoms with van der Waals surface area (Å²) in [5.41, 5.74) is 0.788. The first-order valence-electron chi connectivity index (χ1n) is 7.45. The Hall–Kier alpha value is -1.83. The molecule has 6 nitrogen and oxygen atoms in total. The molecule has 0 aliphatic heterocycles. The van der Waals surface area contributed by atoms with Crippen molar-refractivity contribution in [3.8, 4) is 0 Å². The van der Waals surface area contributed by atoms with E-state index in [9.17, 15) is 4.79 Å². The number of carbonyl (C=O) groups is 1. The largest absolute Gasteiger partial charge is 0.309 e. The molecule has 25 heavy (non-hydrogen) atoms. The van der Waals surface area contributed by atoms with Gasteiger partial charge in [-0.25, -0.2) is 0 Å². The predicted octanol–water partition coefficient (Wildman–Crippen LogP) is 4.23. The molecular formula is C16H14BrCl2N5O.